The fourth-order valence-electron chi connectivity index (χ4n) is 4.46. The highest BCUT2D eigenvalue weighted by Gasteiger charge is 2.29. The van der Waals surface area contributed by atoms with E-state index in [4.69, 9.17) is 0 Å². The normalized spacial score (nSPS) is 14.5. The minimum atomic E-state index is -0.210. The molecule has 0 saturated carbocycles. The molecule has 0 radical (unpaired) electrons. The second-order valence-corrected chi connectivity index (χ2v) is 9.47. The highest BCUT2D eigenvalue weighted by Crippen LogP contribution is 2.29. The highest BCUT2D eigenvalue weighted by molar-refractivity contribution is 9.10. The van der Waals surface area contributed by atoms with E-state index in [-0.39, 0.29) is 17.5 Å². The van der Waals surface area contributed by atoms with Crippen LogP contribution in [0.3, 0.4) is 0 Å². The van der Waals surface area contributed by atoms with Gasteiger partial charge in [0.2, 0.25) is 0 Å². The minimum absolute atomic E-state index is 0.139. The SMILES string of the molecule is N#C/C(=C/NCCc1cccc(Br)c1)C(=O)N1CCN(C(c2ccccc2)c2ccccc2)CC1. The van der Waals surface area contributed by atoms with Crippen molar-refractivity contribution < 1.29 is 4.79 Å². The molecule has 0 aromatic heterocycles. The van der Waals surface area contributed by atoms with E-state index in [1.54, 1.807) is 11.1 Å². The molecule has 0 aliphatic carbocycles. The third kappa shape index (κ3) is 6.60. The van der Waals surface area contributed by atoms with Crippen LogP contribution in [0.1, 0.15) is 22.7 Å². The van der Waals surface area contributed by atoms with Crippen LogP contribution in [0.2, 0.25) is 0 Å². The second-order valence-electron chi connectivity index (χ2n) is 8.56. The third-order valence-electron chi connectivity index (χ3n) is 6.24. The summed E-state index contributed by atoms with van der Waals surface area (Å²) in [5.41, 5.74) is 3.82. The Morgan fingerprint density at radius 1 is 0.943 bits per heavy atom. The van der Waals surface area contributed by atoms with Crippen molar-refractivity contribution in [2.24, 2.45) is 0 Å². The van der Waals surface area contributed by atoms with E-state index >= 15 is 0 Å². The van der Waals surface area contributed by atoms with Crippen molar-refractivity contribution in [2.45, 2.75) is 12.5 Å². The van der Waals surface area contributed by atoms with Gasteiger partial charge in [0.1, 0.15) is 11.6 Å². The smallest absolute Gasteiger partial charge is 0.266 e. The van der Waals surface area contributed by atoms with Gasteiger partial charge in [-0.05, 0) is 35.2 Å². The summed E-state index contributed by atoms with van der Waals surface area (Å²) in [5.74, 6) is -0.210. The molecule has 1 fully saturated rings. The molecule has 0 atom stereocenters. The van der Waals surface area contributed by atoms with Gasteiger partial charge >= 0.3 is 0 Å². The largest absolute Gasteiger partial charge is 0.389 e. The molecule has 4 rings (SSSR count). The van der Waals surface area contributed by atoms with Crippen LogP contribution in [-0.4, -0.2) is 48.4 Å². The van der Waals surface area contributed by atoms with Gasteiger partial charge in [-0.3, -0.25) is 9.69 Å². The second kappa shape index (κ2) is 12.3. The van der Waals surface area contributed by atoms with Gasteiger partial charge in [-0.1, -0.05) is 88.7 Å². The lowest BCUT2D eigenvalue weighted by Crippen LogP contribution is -2.50. The minimum Gasteiger partial charge on any atom is -0.389 e. The van der Waals surface area contributed by atoms with Crippen LogP contribution in [0.15, 0.2) is 101 Å². The summed E-state index contributed by atoms with van der Waals surface area (Å²) in [7, 11) is 0. The number of carbonyl (C=O) groups is 1. The van der Waals surface area contributed by atoms with Crippen molar-refractivity contribution in [3.05, 3.63) is 118 Å². The molecule has 35 heavy (non-hydrogen) atoms. The first-order valence-electron chi connectivity index (χ1n) is 11.9. The maximum atomic E-state index is 13.0. The Morgan fingerprint density at radius 3 is 2.14 bits per heavy atom. The van der Waals surface area contributed by atoms with E-state index in [2.05, 4.69) is 92.9 Å². The summed E-state index contributed by atoms with van der Waals surface area (Å²) in [6, 6.07) is 31.3. The number of carbonyl (C=O) groups excluding carboxylic acids is 1. The molecule has 0 bridgehead atoms. The molecular weight excluding hydrogens is 500 g/mol. The van der Waals surface area contributed by atoms with Crippen molar-refractivity contribution in [1.29, 1.82) is 5.26 Å². The van der Waals surface area contributed by atoms with Gasteiger partial charge in [0.05, 0.1) is 6.04 Å². The first-order valence-corrected chi connectivity index (χ1v) is 12.7. The van der Waals surface area contributed by atoms with Crippen molar-refractivity contribution in [3.8, 4) is 6.07 Å². The van der Waals surface area contributed by atoms with Gasteiger partial charge in [0.15, 0.2) is 0 Å². The van der Waals surface area contributed by atoms with Crippen LogP contribution >= 0.6 is 15.9 Å². The standard InChI is InChI=1S/C29H29BrN4O/c30-27-13-7-8-23(20-27)14-15-32-22-26(21-31)29(35)34-18-16-33(17-19-34)28(24-9-3-1-4-10-24)25-11-5-2-6-12-25/h1-13,20,22,28,32H,14-19H2/b26-22-. The van der Waals surface area contributed by atoms with Gasteiger partial charge in [-0.25, -0.2) is 0 Å². The maximum Gasteiger partial charge on any atom is 0.266 e. The Morgan fingerprint density at radius 2 is 1.57 bits per heavy atom. The quantitative estimate of drug-likeness (QED) is 0.256. The fourth-order valence-corrected chi connectivity index (χ4v) is 4.91. The van der Waals surface area contributed by atoms with E-state index in [0.29, 0.717) is 19.6 Å². The number of rotatable bonds is 8. The molecule has 0 spiro atoms. The predicted molar refractivity (Wildman–Crippen MR) is 142 cm³/mol. The molecule has 0 unspecified atom stereocenters. The highest BCUT2D eigenvalue weighted by atomic mass is 79.9. The average molecular weight is 529 g/mol. The van der Waals surface area contributed by atoms with Crippen molar-refractivity contribution in [2.75, 3.05) is 32.7 Å². The zero-order chi connectivity index (χ0) is 24.5. The predicted octanol–water partition coefficient (Wildman–Crippen LogP) is 4.92. The van der Waals surface area contributed by atoms with E-state index in [1.165, 1.54) is 16.7 Å². The molecule has 3 aromatic carbocycles. The number of piperazine rings is 1. The number of hydrogen-bond donors (Lipinski definition) is 1. The average Bonchev–Trinajstić information content (AvgIpc) is 2.90. The molecule has 178 valence electrons. The Labute approximate surface area is 215 Å². The Bertz CT molecular complexity index is 1140. The Balaban J connectivity index is 1.36. The van der Waals surface area contributed by atoms with E-state index in [0.717, 1.165) is 24.0 Å². The van der Waals surface area contributed by atoms with Gasteiger partial charge in [0.25, 0.3) is 5.91 Å². The zero-order valence-corrected chi connectivity index (χ0v) is 21.2. The number of amides is 1. The molecule has 3 aromatic rings. The molecule has 1 amide bonds. The van der Waals surface area contributed by atoms with Crippen molar-refractivity contribution in [3.63, 3.8) is 0 Å². The maximum absolute atomic E-state index is 13.0. The summed E-state index contributed by atoms with van der Waals surface area (Å²) in [6.45, 7) is 3.32. The van der Waals surface area contributed by atoms with Crippen LogP contribution in [0, 0.1) is 11.3 Å². The number of hydrogen-bond acceptors (Lipinski definition) is 4. The lowest BCUT2D eigenvalue weighted by Gasteiger charge is -2.39. The van der Waals surface area contributed by atoms with Crippen LogP contribution in [0.4, 0.5) is 0 Å². The topological polar surface area (TPSA) is 59.4 Å². The van der Waals surface area contributed by atoms with Crippen molar-refractivity contribution in [1.82, 2.24) is 15.1 Å². The molecule has 6 heteroatoms. The summed E-state index contributed by atoms with van der Waals surface area (Å²) in [6.07, 6.45) is 2.37. The van der Waals surface area contributed by atoms with Gasteiger partial charge in [-0.2, -0.15) is 5.26 Å². The Kier molecular flexibility index (Phi) is 8.72. The third-order valence-corrected chi connectivity index (χ3v) is 6.73. The lowest BCUT2D eigenvalue weighted by atomic mass is 9.96. The zero-order valence-electron chi connectivity index (χ0n) is 19.6. The fraction of sp³-hybridized carbons (Fsp3) is 0.241. The van der Waals surface area contributed by atoms with Crippen molar-refractivity contribution >= 4 is 21.8 Å². The number of nitrogens with one attached hydrogen (secondary N) is 1. The lowest BCUT2D eigenvalue weighted by molar-refractivity contribution is -0.128. The molecule has 1 aliphatic rings. The molecule has 5 nitrogen and oxygen atoms in total. The molecule has 1 aliphatic heterocycles. The number of benzene rings is 3. The number of halogens is 1. The molecular formula is C29H29BrN4O. The van der Waals surface area contributed by atoms with Gasteiger partial charge < -0.3 is 10.2 Å². The summed E-state index contributed by atoms with van der Waals surface area (Å²) in [4.78, 5) is 17.2. The molecule has 1 heterocycles. The van der Waals surface area contributed by atoms with Gasteiger partial charge in [0, 0.05) is 43.4 Å². The first kappa shape index (κ1) is 24.7. The molecule has 1 saturated heterocycles. The van der Waals surface area contributed by atoms with Crippen LogP contribution in [0.25, 0.3) is 0 Å². The number of nitriles is 1. The van der Waals surface area contributed by atoms with Gasteiger partial charge in [-0.15, -0.1) is 0 Å². The summed E-state index contributed by atoms with van der Waals surface area (Å²) >= 11 is 3.48. The van der Waals surface area contributed by atoms with Crippen LogP contribution in [-0.2, 0) is 11.2 Å². The number of nitrogens with zero attached hydrogens (tertiary/aromatic N) is 3. The van der Waals surface area contributed by atoms with E-state index in [9.17, 15) is 10.1 Å². The van der Waals surface area contributed by atoms with E-state index in [1.807, 2.05) is 24.3 Å². The summed E-state index contributed by atoms with van der Waals surface area (Å²) in [5, 5.41) is 12.7. The molecule has 1 N–H and O–H groups in total. The van der Waals surface area contributed by atoms with E-state index < -0.39 is 0 Å². The summed E-state index contributed by atoms with van der Waals surface area (Å²) < 4.78 is 1.04. The first-order chi connectivity index (χ1) is 17.2. The monoisotopic (exact) mass is 528 g/mol. The Hall–Kier alpha value is -3.40. The van der Waals surface area contributed by atoms with Crippen LogP contribution in [0.5, 0.6) is 0 Å². The van der Waals surface area contributed by atoms with Crippen LogP contribution < -0.4 is 5.32 Å².